The van der Waals surface area contributed by atoms with Crippen LogP contribution in [-0.4, -0.2) is 20.8 Å². The summed E-state index contributed by atoms with van der Waals surface area (Å²) in [6, 6.07) is 6.44. The number of ether oxygens (including phenoxy) is 2. The summed E-state index contributed by atoms with van der Waals surface area (Å²) < 4.78 is 11.0. The molecule has 0 saturated heterocycles. The Morgan fingerprint density at radius 2 is 1.85 bits per heavy atom. The van der Waals surface area contributed by atoms with E-state index in [0.29, 0.717) is 12.0 Å². The molecule has 1 unspecified atom stereocenters. The van der Waals surface area contributed by atoms with E-state index in [-0.39, 0.29) is 0 Å². The summed E-state index contributed by atoms with van der Waals surface area (Å²) >= 11 is 0. The fraction of sp³-hybridized carbons (Fsp3) is 0.647. The van der Waals surface area contributed by atoms with Crippen LogP contribution in [0.1, 0.15) is 51.6 Å². The van der Waals surface area contributed by atoms with Crippen molar-refractivity contribution in [3.05, 3.63) is 23.8 Å². The van der Waals surface area contributed by atoms with Crippen molar-refractivity contribution in [2.45, 2.75) is 46.1 Å². The number of hydrogen-bond donors (Lipinski definition) is 1. The quantitative estimate of drug-likeness (QED) is 0.735. The summed E-state index contributed by atoms with van der Waals surface area (Å²) in [7, 11) is 3.39. The van der Waals surface area contributed by atoms with Crippen LogP contribution in [0.15, 0.2) is 18.2 Å². The smallest absolute Gasteiger partial charge is 0.165 e. The van der Waals surface area contributed by atoms with Crippen molar-refractivity contribution in [1.29, 1.82) is 0 Å². The van der Waals surface area contributed by atoms with Gasteiger partial charge in [0.1, 0.15) is 0 Å². The summed E-state index contributed by atoms with van der Waals surface area (Å²) in [6.45, 7) is 7.73. The largest absolute Gasteiger partial charge is 0.493 e. The van der Waals surface area contributed by atoms with Gasteiger partial charge in [-0.25, -0.2) is 0 Å². The Morgan fingerprint density at radius 3 is 2.40 bits per heavy atom. The molecule has 0 fully saturated rings. The fourth-order valence-corrected chi connectivity index (χ4v) is 2.37. The molecule has 0 bridgehead atoms. The van der Waals surface area contributed by atoms with Gasteiger partial charge in [-0.2, -0.15) is 0 Å². The van der Waals surface area contributed by atoms with Gasteiger partial charge in [0.15, 0.2) is 11.5 Å². The number of para-hydroxylation sites is 1. The molecule has 1 aromatic rings. The van der Waals surface area contributed by atoms with Gasteiger partial charge in [-0.3, -0.25) is 0 Å². The molecule has 0 aromatic heterocycles. The first-order chi connectivity index (χ1) is 9.63. The molecule has 114 valence electrons. The normalized spacial score (nSPS) is 12.5. The molecule has 0 aliphatic carbocycles. The number of benzene rings is 1. The second-order valence-corrected chi connectivity index (χ2v) is 5.56. The zero-order valence-electron chi connectivity index (χ0n) is 13.5. The van der Waals surface area contributed by atoms with Crippen LogP contribution >= 0.6 is 0 Å². The third-order valence-corrected chi connectivity index (χ3v) is 3.48. The maximum Gasteiger partial charge on any atom is 0.165 e. The lowest BCUT2D eigenvalue weighted by molar-refractivity contribution is 0.342. The number of nitrogens with one attached hydrogen (secondary N) is 1. The fourth-order valence-electron chi connectivity index (χ4n) is 2.37. The Labute approximate surface area is 123 Å². The molecule has 0 radical (unpaired) electrons. The topological polar surface area (TPSA) is 30.5 Å². The Bertz CT molecular complexity index is 391. The van der Waals surface area contributed by atoms with Gasteiger partial charge in [-0.15, -0.1) is 0 Å². The van der Waals surface area contributed by atoms with E-state index in [1.807, 2.05) is 12.1 Å². The summed E-state index contributed by atoms with van der Waals surface area (Å²) in [4.78, 5) is 0. The molecule has 0 heterocycles. The molecular weight excluding hydrogens is 250 g/mol. The highest BCUT2D eigenvalue weighted by Crippen LogP contribution is 2.36. The Morgan fingerprint density at radius 1 is 1.10 bits per heavy atom. The Kier molecular flexibility index (Phi) is 7.45. The highest BCUT2D eigenvalue weighted by molar-refractivity contribution is 5.48. The van der Waals surface area contributed by atoms with E-state index in [2.05, 4.69) is 32.2 Å². The minimum Gasteiger partial charge on any atom is -0.493 e. The van der Waals surface area contributed by atoms with Gasteiger partial charge >= 0.3 is 0 Å². The lowest BCUT2D eigenvalue weighted by atomic mass is 9.96. The van der Waals surface area contributed by atoms with Crippen LogP contribution in [0.25, 0.3) is 0 Å². The average molecular weight is 279 g/mol. The molecule has 20 heavy (non-hydrogen) atoms. The van der Waals surface area contributed by atoms with E-state index in [4.69, 9.17) is 9.47 Å². The third-order valence-electron chi connectivity index (χ3n) is 3.48. The summed E-state index contributed by atoms with van der Waals surface area (Å²) in [5.41, 5.74) is 1.20. The molecule has 0 saturated carbocycles. The molecule has 0 aliphatic heterocycles. The first-order valence-corrected chi connectivity index (χ1v) is 7.58. The van der Waals surface area contributed by atoms with E-state index >= 15 is 0 Å². The maximum atomic E-state index is 5.57. The van der Waals surface area contributed by atoms with Crippen molar-refractivity contribution >= 4 is 0 Å². The maximum absolute atomic E-state index is 5.57. The van der Waals surface area contributed by atoms with Crippen LogP contribution in [0.2, 0.25) is 0 Å². The molecule has 0 spiro atoms. The van der Waals surface area contributed by atoms with Crippen LogP contribution < -0.4 is 14.8 Å². The van der Waals surface area contributed by atoms with Crippen molar-refractivity contribution < 1.29 is 9.47 Å². The van der Waals surface area contributed by atoms with Crippen LogP contribution in [0, 0.1) is 5.92 Å². The van der Waals surface area contributed by atoms with Crippen molar-refractivity contribution in [3.63, 3.8) is 0 Å². The minimum absolute atomic E-state index is 0.322. The van der Waals surface area contributed by atoms with Gasteiger partial charge in [0.2, 0.25) is 0 Å². The predicted octanol–water partition coefficient (Wildman–Crippen LogP) is 4.18. The zero-order valence-corrected chi connectivity index (χ0v) is 13.5. The summed E-state index contributed by atoms with van der Waals surface area (Å²) in [5.74, 6) is 2.36. The molecule has 0 aliphatic rings. The molecule has 3 nitrogen and oxygen atoms in total. The van der Waals surface area contributed by atoms with E-state index in [1.165, 1.54) is 12.0 Å². The second-order valence-electron chi connectivity index (χ2n) is 5.56. The highest BCUT2D eigenvalue weighted by atomic mass is 16.5. The average Bonchev–Trinajstić information content (AvgIpc) is 2.46. The lowest BCUT2D eigenvalue weighted by Crippen LogP contribution is -2.23. The van der Waals surface area contributed by atoms with Crippen LogP contribution in [0.5, 0.6) is 11.5 Å². The van der Waals surface area contributed by atoms with Gasteiger partial charge in [0.05, 0.1) is 14.2 Å². The number of rotatable bonds is 9. The molecule has 0 amide bonds. The van der Waals surface area contributed by atoms with Gasteiger partial charge in [-0.1, -0.05) is 32.9 Å². The Hall–Kier alpha value is -1.22. The van der Waals surface area contributed by atoms with Crippen molar-refractivity contribution in [2.24, 2.45) is 5.92 Å². The van der Waals surface area contributed by atoms with Crippen molar-refractivity contribution in [2.75, 3.05) is 20.8 Å². The van der Waals surface area contributed by atoms with E-state index < -0.39 is 0 Å². The third kappa shape index (κ3) is 4.71. The van der Waals surface area contributed by atoms with Crippen molar-refractivity contribution in [3.8, 4) is 11.5 Å². The summed E-state index contributed by atoms with van der Waals surface area (Å²) in [6.07, 6.45) is 3.44. The number of hydrogen-bond acceptors (Lipinski definition) is 3. The van der Waals surface area contributed by atoms with Crippen LogP contribution in [0.3, 0.4) is 0 Å². The van der Waals surface area contributed by atoms with Crippen molar-refractivity contribution in [1.82, 2.24) is 5.32 Å². The standard InChI is InChI=1S/C17H29NO2/c1-6-12-18-15(11-10-13(2)3)14-8-7-9-16(19-4)17(14)20-5/h7-9,13,15,18H,6,10-12H2,1-5H3. The highest BCUT2D eigenvalue weighted by Gasteiger charge is 2.18. The van der Waals surface area contributed by atoms with E-state index in [1.54, 1.807) is 14.2 Å². The molecule has 1 aromatic carbocycles. The molecular formula is C17H29NO2. The molecule has 1 N–H and O–H groups in total. The monoisotopic (exact) mass is 279 g/mol. The molecule has 1 atom stereocenters. The van der Waals surface area contributed by atoms with Gasteiger partial charge in [0.25, 0.3) is 0 Å². The molecule has 1 rings (SSSR count). The first kappa shape index (κ1) is 16.8. The van der Waals surface area contributed by atoms with Gasteiger partial charge in [-0.05, 0) is 37.8 Å². The first-order valence-electron chi connectivity index (χ1n) is 7.58. The van der Waals surface area contributed by atoms with Gasteiger partial charge in [0, 0.05) is 11.6 Å². The van der Waals surface area contributed by atoms with E-state index in [0.717, 1.165) is 30.9 Å². The summed E-state index contributed by atoms with van der Waals surface area (Å²) in [5, 5.41) is 3.63. The number of methoxy groups -OCH3 is 2. The Balaban J connectivity index is 2.98. The second kappa shape index (κ2) is 8.85. The van der Waals surface area contributed by atoms with E-state index in [9.17, 15) is 0 Å². The van der Waals surface area contributed by atoms with Gasteiger partial charge < -0.3 is 14.8 Å². The molecule has 3 heteroatoms. The zero-order chi connectivity index (χ0) is 15.0. The SMILES string of the molecule is CCCNC(CCC(C)C)c1cccc(OC)c1OC. The predicted molar refractivity (Wildman–Crippen MR) is 84.7 cm³/mol. The lowest BCUT2D eigenvalue weighted by Gasteiger charge is -2.23. The van der Waals surface area contributed by atoms with Crippen LogP contribution in [-0.2, 0) is 0 Å². The minimum atomic E-state index is 0.322. The van der Waals surface area contributed by atoms with Crippen LogP contribution in [0.4, 0.5) is 0 Å².